The number of carbonyl (C=O) groups is 1. The van der Waals surface area contributed by atoms with Crippen LogP contribution in [0, 0.1) is 0 Å². The van der Waals surface area contributed by atoms with Gasteiger partial charge in [0.2, 0.25) is 5.91 Å². The van der Waals surface area contributed by atoms with Gasteiger partial charge in [-0.2, -0.15) is 0 Å². The van der Waals surface area contributed by atoms with Gasteiger partial charge in [0.25, 0.3) is 5.56 Å². The fraction of sp³-hybridized carbons (Fsp3) is 0.550. The fourth-order valence-electron chi connectivity index (χ4n) is 3.61. The van der Waals surface area contributed by atoms with E-state index in [0.29, 0.717) is 16.1 Å². The van der Waals surface area contributed by atoms with Gasteiger partial charge in [-0.15, -0.1) is 0 Å². The molecule has 2 fully saturated rings. The van der Waals surface area contributed by atoms with E-state index in [1.54, 1.807) is 0 Å². The standard InChI is InChI=1S/C20H26N4O2S/c1-3-22-10-12-23(13-11-22)18(25)14(2)27-20-21-17-7-5-4-6-16(17)19(26)24(20)15-8-9-15/h4-7,14-15H,3,8-13H2,1-2H3/t14-/m0/s1. The van der Waals surface area contributed by atoms with Gasteiger partial charge in [0.15, 0.2) is 5.16 Å². The van der Waals surface area contributed by atoms with Crippen molar-refractivity contribution in [1.29, 1.82) is 0 Å². The molecule has 1 aromatic heterocycles. The number of hydrogen-bond donors (Lipinski definition) is 0. The molecule has 144 valence electrons. The van der Waals surface area contributed by atoms with E-state index in [1.165, 1.54) is 11.8 Å². The van der Waals surface area contributed by atoms with Crippen molar-refractivity contribution in [2.75, 3.05) is 32.7 Å². The van der Waals surface area contributed by atoms with E-state index >= 15 is 0 Å². The predicted molar refractivity (Wildman–Crippen MR) is 108 cm³/mol. The second-order valence-corrected chi connectivity index (χ2v) is 8.65. The van der Waals surface area contributed by atoms with Crippen LogP contribution in [-0.4, -0.2) is 63.2 Å². The molecule has 1 aliphatic heterocycles. The van der Waals surface area contributed by atoms with Gasteiger partial charge in [0.05, 0.1) is 16.2 Å². The highest BCUT2D eigenvalue weighted by molar-refractivity contribution is 8.00. The van der Waals surface area contributed by atoms with Crippen molar-refractivity contribution < 1.29 is 4.79 Å². The summed E-state index contributed by atoms with van der Waals surface area (Å²) in [5.74, 6) is 0.139. The Labute approximate surface area is 163 Å². The van der Waals surface area contributed by atoms with Crippen molar-refractivity contribution in [1.82, 2.24) is 19.4 Å². The Bertz CT molecular complexity index is 900. The quantitative estimate of drug-likeness (QED) is 0.583. The van der Waals surface area contributed by atoms with Crippen molar-refractivity contribution in [2.24, 2.45) is 0 Å². The van der Waals surface area contributed by atoms with Crippen molar-refractivity contribution in [3.8, 4) is 0 Å². The normalized spacial score (nSPS) is 19.4. The largest absolute Gasteiger partial charge is 0.339 e. The molecule has 1 saturated heterocycles. The van der Waals surface area contributed by atoms with Crippen LogP contribution in [0.4, 0.5) is 0 Å². The van der Waals surface area contributed by atoms with Crippen molar-refractivity contribution in [3.63, 3.8) is 0 Å². The number of aromatic nitrogens is 2. The lowest BCUT2D eigenvalue weighted by Gasteiger charge is -2.35. The molecule has 0 radical (unpaired) electrons. The summed E-state index contributed by atoms with van der Waals surface area (Å²) in [5.41, 5.74) is 0.722. The molecule has 1 saturated carbocycles. The number of piperazine rings is 1. The van der Waals surface area contributed by atoms with Crippen LogP contribution in [0.3, 0.4) is 0 Å². The van der Waals surface area contributed by atoms with E-state index in [1.807, 2.05) is 40.7 Å². The van der Waals surface area contributed by atoms with Gasteiger partial charge in [0, 0.05) is 32.2 Å². The number of rotatable bonds is 5. The maximum Gasteiger partial charge on any atom is 0.262 e. The van der Waals surface area contributed by atoms with Gasteiger partial charge < -0.3 is 9.80 Å². The molecular formula is C20H26N4O2S. The predicted octanol–water partition coefficient (Wildman–Crippen LogP) is 2.38. The number of benzene rings is 1. The van der Waals surface area contributed by atoms with Crippen LogP contribution >= 0.6 is 11.8 Å². The number of nitrogens with zero attached hydrogens (tertiary/aromatic N) is 4. The third-order valence-electron chi connectivity index (χ3n) is 5.45. The summed E-state index contributed by atoms with van der Waals surface area (Å²) in [7, 11) is 0. The first-order chi connectivity index (χ1) is 13.1. The summed E-state index contributed by atoms with van der Waals surface area (Å²) in [4.78, 5) is 34.9. The summed E-state index contributed by atoms with van der Waals surface area (Å²) >= 11 is 1.42. The summed E-state index contributed by atoms with van der Waals surface area (Å²) in [5, 5.41) is 1.08. The molecule has 0 N–H and O–H groups in total. The maximum absolute atomic E-state index is 13.0. The number of carbonyl (C=O) groups excluding carboxylic acids is 1. The van der Waals surface area contributed by atoms with E-state index in [-0.39, 0.29) is 22.8 Å². The van der Waals surface area contributed by atoms with Crippen LogP contribution in [0.5, 0.6) is 0 Å². The number of likely N-dealkylation sites (N-methyl/N-ethyl adjacent to an activating group) is 1. The highest BCUT2D eigenvalue weighted by Crippen LogP contribution is 2.37. The number of para-hydroxylation sites is 1. The topological polar surface area (TPSA) is 58.4 Å². The molecule has 1 aromatic carbocycles. The monoisotopic (exact) mass is 386 g/mol. The average molecular weight is 387 g/mol. The van der Waals surface area contributed by atoms with Crippen molar-refractivity contribution >= 4 is 28.6 Å². The van der Waals surface area contributed by atoms with E-state index < -0.39 is 0 Å². The molecule has 4 rings (SSSR count). The molecule has 2 aromatic rings. The third kappa shape index (κ3) is 3.75. The van der Waals surface area contributed by atoms with Crippen LogP contribution in [-0.2, 0) is 4.79 Å². The van der Waals surface area contributed by atoms with E-state index in [0.717, 1.165) is 45.6 Å². The molecule has 0 unspecified atom stereocenters. The Morgan fingerprint density at radius 1 is 1.22 bits per heavy atom. The highest BCUT2D eigenvalue weighted by atomic mass is 32.2. The van der Waals surface area contributed by atoms with Crippen LogP contribution in [0.1, 0.15) is 32.7 Å². The van der Waals surface area contributed by atoms with Gasteiger partial charge in [0.1, 0.15) is 0 Å². The highest BCUT2D eigenvalue weighted by Gasteiger charge is 2.31. The van der Waals surface area contributed by atoms with Crippen LogP contribution in [0.15, 0.2) is 34.2 Å². The molecule has 27 heavy (non-hydrogen) atoms. The lowest BCUT2D eigenvalue weighted by Crippen LogP contribution is -2.50. The zero-order valence-electron chi connectivity index (χ0n) is 15.9. The van der Waals surface area contributed by atoms with Crippen molar-refractivity contribution in [2.45, 2.75) is 43.1 Å². The zero-order chi connectivity index (χ0) is 19.0. The molecule has 1 aliphatic carbocycles. The number of fused-ring (bicyclic) bond motifs is 1. The number of amides is 1. The SMILES string of the molecule is CCN1CCN(C(=O)[C@H](C)Sc2nc3ccccc3c(=O)n2C2CC2)CC1. The fourth-order valence-corrected chi connectivity index (χ4v) is 4.68. The van der Waals surface area contributed by atoms with Crippen molar-refractivity contribution in [3.05, 3.63) is 34.6 Å². The van der Waals surface area contributed by atoms with Crippen LogP contribution in [0.25, 0.3) is 10.9 Å². The van der Waals surface area contributed by atoms with E-state index in [9.17, 15) is 9.59 Å². The van der Waals surface area contributed by atoms with Gasteiger partial charge in [-0.3, -0.25) is 14.2 Å². The van der Waals surface area contributed by atoms with E-state index in [2.05, 4.69) is 11.8 Å². The minimum atomic E-state index is -0.253. The molecule has 7 heteroatoms. The first-order valence-corrected chi connectivity index (χ1v) is 10.7. The molecular weight excluding hydrogens is 360 g/mol. The van der Waals surface area contributed by atoms with E-state index in [4.69, 9.17) is 4.98 Å². The Balaban J connectivity index is 1.56. The van der Waals surface area contributed by atoms with Crippen LogP contribution in [0.2, 0.25) is 0 Å². The Morgan fingerprint density at radius 2 is 1.93 bits per heavy atom. The third-order valence-corrected chi connectivity index (χ3v) is 6.50. The second-order valence-electron chi connectivity index (χ2n) is 7.34. The first kappa shape index (κ1) is 18.5. The molecule has 2 aliphatic rings. The molecule has 1 atom stereocenters. The number of hydrogen-bond acceptors (Lipinski definition) is 5. The molecule has 2 heterocycles. The first-order valence-electron chi connectivity index (χ1n) is 9.77. The molecule has 0 bridgehead atoms. The molecule has 1 amide bonds. The minimum absolute atomic E-state index is 0.0156. The number of thioether (sulfide) groups is 1. The van der Waals surface area contributed by atoms with Gasteiger partial charge >= 0.3 is 0 Å². The Hall–Kier alpha value is -1.86. The summed E-state index contributed by atoms with van der Waals surface area (Å²) in [6.45, 7) is 8.52. The smallest absolute Gasteiger partial charge is 0.262 e. The summed E-state index contributed by atoms with van der Waals surface area (Å²) < 4.78 is 1.81. The zero-order valence-corrected chi connectivity index (χ0v) is 16.7. The lowest BCUT2D eigenvalue weighted by molar-refractivity contribution is -0.132. The lowest BCUT2D eigenvalue weighted by atomic mass is 10.2. The van der Waals surface area contributed by atoms with Gasteiger partial charge in [-0.05, 0) is 38.4 Å². The molecule has 6 nitrogen and oxygen atoms in total. The van der Waals surface area contributed by atoms with Crippen LogP contribution < -0.4 is 5.56 Å². The average Bonchev–Trinajstić information content (AvgIpc) is 3.52. The van der Waals surface area contributed by atoms with Gasteiger partial charge in [-0.25, -0.2) is 4.98 Å². The minimum Gasteiger partial charge on any atom is -0.339 e. The summed E-state index contributed by atoms with van der Waals surface area (Å²) in [6.07, 6.45) is 2.02. The molecule has 0 spiro atoms. The van der Waals surface area contributed by atoms with Gasteiger partial charge in [-0.1, -0.05) is 30.8 Å². The summed E-state index contributed by atoms with van der Waals surface area (Å²) in [6, 6.07) is 7.70. The Morgan fingerprint density at radius 3 is 2.59 bits per heavy atom. The Kier molecular flexibility index (Phi) is 5.23. The maximum atomic E-state index is 13.0. The second kappa shape index (κ2) is 7.64.